The lowest BCUT2D eigenvalue weighted by Gasteiger charge is -2.34. The van der Waals surface area contributed by atoms with Gasteiger partial charge in [-0.15, -0.1) is 0 Å². The molecular formula is C25H23N3O4S2. The van der Waals surface area contributed by atoms with Crippen molar-refractivity contribution in [3.63, 3.8) is 0 Å². The number of rotatable bonds is 5. The number of piperazine rings is 1. The van der Waals surface area contributed by atoms with E-state index in [0.29, 0.717) is 43.0 Å². The topological polar surface area (TPSA) is 79.8 Å². The lowest BCUT2D eigenvalue weighted by Crippen LogP contribution is -2.48. The lowest BCUT2D eigenvalue weighted by molar-refractivity contribution is 0.0746. The second kappa shape index (κ2) is 9.08. The summed E-state index contributed by atoms with van der Waals surface area (Å²) in [5.74, 6) is 1.30. The normalized spacial score (nSPS) is 14.4. The van der Waals surface area contributed by atoms with Crippen LogP contribution in [0.4, 0.5) is 5.13 Å². The van der Waals surface area contributed by atoms with Gasteiger partial charge in [-0.3, -0.25) is 4.79 Å². The fourth-order valence-electron chi connectivity index (χ4n) is 3.95. The molecule has 0 N–H and O–H groups in total. The van der Waals surface area contributed by atoms with Gasteiger partial charge in [0.15, 0.2) is 15.0 Å². The van der Waals surface area contributed by atoms with Crippen molar-refractivity contribution < 1.29 is 17.9 Å². The third kappa shape index (κ3) is 4.62. The highest BCUT2D eigenvalue weighted by atomic mass is 32.2. The van der Waals surface area contributed by atoms with Crippen molar-refractivity contribution in [2.24, 2.45) is 0 Å². The molecule has 5 rings (SSSR count). The number of carbonyl (C=O) groups excluding carboxylic acids is 1. The Bertz CT molecular complexity index is 1440. The fraction of sp³-hybridized carbons (Fsp3) is 0.200. The molecule has 174 valence electrons. The molecule has 1 aliphatic heterocycles. The van der Waals surface area contributed by atoms with Crippen LogP contribution in [0.15, 0.2) is 77.7 Å². The number of para-hydroxylation sites is 2. The first-order valence-corrected chi connectivity index (χ1v) is 13.6. The van der Waals surface area contributed by atoms with Gasteiger partial charge < -0.3 is 14.5 Å². The van der Waals surface area contributed by atoms with Crippen LogP contribution in [-0.2, 0) is 9.84 Å². The Morgan fingerprint density at radius 3 is 2.35 bits per heavy atom. The summed E-state index contributed by atoms with van der Waals surface area (Å²) in [6.07, 6.45) is 1.20. The number of hydrogen-bond donors (Lipinski definition) is 0. The Kier molecular flexibility index (Phi) is 5.97. The van der Waals surface area contributed by atoms with Gasteiger partial charge in [0.2, 0.25) is 0 Å². The molecule has 0 bridgehead atoms. The Labute approximate surface area is 202 Å². The molecule has 3 aromatic carbocycles. The fourth-order valence-corrected chi connectivity index (χ4v) is 5.89. The third-order valence-corrected chi connectivity index (χ3v) is 7.88. The smallest absolute Gasteiger partial charge is 0.254 e. The Morgan fingerprint density at radius 2 is 1.62 bits per heavy atom. The van der Waals surface area contributed by atoms with Crippen LogP contribution in [0.25, 0.3) is 10.2 Å². The molecule has 1 amide bonds. The van der Waals surface area contributed by atoms with E-state index >= 15 is 0 Å². The molecule has 1 fully saturated rings. The van der Waals surface area contributed by atoms with Crippen LogP contribution in [0.5, 0.6) is 11.5 Å². The summed E-state index contributed by atoms with van der Waals surface area (Å²) < 4.78 is 30.9. The monoisotopic (exact) mass is 493 g/mol. The summed E-state index contributed by atoms with van der Waals surface area (Å²) in [4.78, 5) is 21.9. The van der Waals surface area contributed by atoms with Crippen LogP contribution in [0.2, 0.25) is 0 Å². The number of ether oxygens (including phenoxy) is 1. The molecular weight excluding hydrogens is 470 g/mol. The molecule has 0 aliphatic carbocycles. The van der Waals surface area contributed by atoms with Gasteiger partial charge >= 0.3 is 0 Å². The SMILES string of the molecule is CS(=O)(=O)c1cccc2sc(N3CCN(C(=O)c4cccc(Oc5ccccc5)c4)CC3)nc12. The highest BCUT2D eigenvalue weighted by Crippen LogP contribution is 2.33. The summed E-state index contributed by atoms with van der Waals surface area (Å²) >= 11 is 1.47. The molecule has 4 aromatic rings. The van der Waals surface area contributed by atoms with Gasteiger partial charge in [0, 0.05) is 38.0 Å². The van der Waals surface area contributed by atoms with Gasteiger partial charge in [0.25, 0.3) is 5.91 Å². The number of amides is 1. The van der Waals surface area contributed by atoms with Gasteiger partial charge in [-0.1, -0.05) is 41.7 Å². The van der Waals surface area contributed by atoms with E-state index in [0.717, 1.165) is 15.6 Å². The molecule has 1 aromatic heterocycles. The van der Waals surface area contributed by atoms with Crippen molar-refractivity contribution >= 4 is 42.4 Å². The second-order valence-electron chi connectivity index (χ2n) is 8.09. The minimum Gasteiger partial charge on any atom is -0.457 e. The van der Waals surface area contributed by atoms with Crippen LogP contribution in [-0.4, -0.2) is 56.6 Å². The molecule has 0 spiro atoms. The predicted molar refractivity (Wildman–Crippen MR) is 134 cm³/mol. The molecule has 1 aliphatic rings. The van der Waals surface area contributed by atoms with Crippen molar-refractivity contribution in [2.75, 3.05) is 37.3 Å². The number of aromatic nitrogens is 1. The van der Waals surface area contributed by atoms with E-state index in [1.807, 2.05) is 53.4 Å². The highest BCUT2D eigenvalue weighted by Gasteiger charge is 2.25. The van der Waals surface area contributed by atoms with Crippen LogP contribution >= 0.6 is 11.3 Å². The quantitative estimate of drug-likeness (QED) is 0.409. The Morgan fingerprint density at radius 1 is 0.912 bits per heavy atom. The van der Waals surface area contributed by atoms with Crippen molar-refractivity contribution in [3.05, 3.63) is 78.4 Å². The minimum absolute atomic E-state index is 0.0400. The number of fused-ring (bicyclic) bond motifs is 1. The number of thiazole rings is 1. The lowest BCUT2D eigenvalue weighted by atomic mass is 10.1. The zero-order valence-electron chi connectivity index (χ0n) is 18.5. The van der Waals surface area contributed by atoms with Crippen LogP contribution < -0.4 is 9.64 Å². The van der Waals surface area contributed by atoms with Crippen LogP contribution in [0, 0.1) is 0 Å². The molecule has 7 nitrogen and oxygen atoms in total. The van der Waals surface area contributed by atoms with Gasteiger partial charge in [-0.2, -0.15) is 0 Å². The van der Waals surface area contributed by atoms with E-state index in [9.17, 15) is 13.2 Å². The van der Waals surface area contributed by atoms with Crippen LogP contribution in [0.1, 0.15) is 10.4 Å². The maximum absolute atomic E-state index is 13.1. The zero-order chi connectivity index (χ0) is 23.7. The highest BCUT2D eigenvalue weighted by molar-refractivity contribution is 7.91. The molecule has 9 heteroatoms. The Balaban J connectivity index is 1.28. The first kappa shape index (κ1) is 22.4. The average molecular weight is 494 g/mol. The first-order chi connectivity index (χ1) is 16.4. The Hall–Kier alpha value is -3.43. The van der Waals surface area contributed by atoms with Crippen LogP contribution in [0.3, 0.4) is 0 Å². The van der Waals surface area contributed by atoms with Gasteiger partial charge in [-0.05, 0) is 42.5 Å². The van der Waals surface area contributed by atoms with E-state index in [4.69, 9.17) is 4.74 Å². The molecule has 0 saturated carbocycles. The van der Waals surface area contributed by atoms with E-state index in [1.165, 1.54) is 17.6 Å². The molecule has 0 atom stereocenters. The van der Waals surface area contributed by atoms with Crippen molar-refractivity contribution in [3.8, 4) is 11.5 Å². The predicted octanol–water partition coefficient (Wildman–Crippen LogP) is 4.45. The second-order valence-corrected chi connectivity index (χ2v) is 11.1. The van der Waals surface area contributed by atoms with E-state index in [1.54, 1.807) is 24.3 Å². The largest absolute Gasteiger partial charge is 0.457 e. The number of sulfone groups is 1. The third-order valence-electron chi connectivity index (χ3n) is 5.67. The first-order valence-electron chi connectivity index (χ1n) is 10.9. The van der Waals surface area contributed by atoms with Crippen molar-refractivity contribution in [1.82, 2.24) is 9.88 Å². The number of carbonyl (C=O) groups is 1. The van der Waals surface area contributed by atoms with Crippen molar-refractivity contribution in [1.29, 1.82) is 0 Å². The maximum atomic E-state index is 13.1. The zero-order valence-corrected chi connectivity index (χ0v) is 20.2. The average Bonchev–Trinajstić information content (AvgIpc) is 3.28. The van der Waals surface area contributed by atoms with E-state index < -0.39 is 9.84 Å². The van der Waals surface area contributed by atoms with E-state index in [2.05, 4.69) is 9.88 Å². The summed E-state index contributed by atoms with van der Waals surface area (Å²) in [6.45, 7) is 2.36. The minimum atomic E-state index is -3.36. The summed E-state index contributed by atoms with van der Waals surface area (Å²) in [5, 5.41) is 0.774. The summed E-state index contributed by atoms with van der Waals surface area (Å²) in [7, 11) is -3.36. The van der Waals surface area contributed by atoms with Gasteiger partial charge in [-0.25, -0.2) is 13.4 Å². The summed E-state index contributed by atoms with van der Waals surface area (Å²) in [5.41, 5.74) is 1.10. The number of benzene rings is 3. The number of hydrogen-bond acceptors (Lipinski definition) is 7. The molecule has 0 radical (unpaired) electrons. The number of anilines is 1. The van der Waals surface area contributed by atoms with Crippen molar-refractivity contribution in [2.45, 2.75) is 4.90 Å². The maximum Gasteiger partial charge on any atom is 0.254 e. The molecule has 34 heavy (non-hydrogen) atoms. The molecule has 1 saturated heterocycles. The summed E-state index contributed by atoms with van der Waals surface area (Å²) in [6, 6.07) is 21.9. The standard InChI is InChI=1S/C25H23N3O4S2/c1-34(30,31)22-12-6-11-21-23(22)26-25(33-21)28-15-13-27(14-16-28)24(29)18-7-5-10-20(17-18)32-19-8-3-2-4-9-19/h2-12,17H,13-16H2,1H3. The molecule has 2 heterocycles. The molecule has 0 unspecified atom stereocenters. The number of nitrogens with zero attached hydrogens (tertiary/aromatic N) is 3. The van der Waals surface area contributed by atoms with Gasteiger partial charge in [0.05, 0.1) is 9.60 Å². The van der Waals surface area contributed by atoms with E-state index in [-0.39, 0.29) is 10.8 Å². The van der Waals surface area contributed by atoms with Gasteiger partial charge in [0.1, 0.15) is 17.0 Å².